The fraction of sp³-hybridized carbons (Fsp3) is 1.00. The van der Waals surface area contributed by atoms with Crippen LogP contribution < -0.4 is 9.44 Å². The fourth-order valence-corrected chi connectivity index (χ4v) is 2.29. The first-order chi connectivity index (χ1) is 6.47. The van der Waals surface area contributed by atoms with Crippen LogP contribution in [0.1, 0.15) is 32.1 Å². The molecule has 84 valence electrons. The third-order valence-electron chi connectivity index (χ3n) is 2.64. The predicted octanol–water partition coefficient (Wildman–Crippen LogP) is -0.265. The highest BCUT2D eigenvalue weighted by Gasteiger charge is 2.30. The van der Waals surface area contributed by atoms with Gasteiger partial charge in [-0.3, -0.25) is 0 Å². The molecule has 0 aromatic rings. The van der Waals surface area contributed by atoms with E-state index >= 15 is 0 Å². The van der Waals surface area contributed by atoms with Crippen molar-refractivity contribution in [2.45, 2.75) is 37.7 Å². The van der Waals surface area contributed by atoms with Crippen LogP contribution in [0.15, 0.2) is 0 Å². The first-order valence-electron chi connectivity index (χ1n) is 4.88. The molecule has 0 amide bonds. The molecule has 6 heteroatoms. The third-order valence-corrected chi connectivity index (χ3v) is 3.71. The minimum Gasteiger partial charge on any atom is -0.389 e. The van der Waals surface area contributed by atoms with E-state index in [4.69, 9.17) is 0 Å². The van der Waals surface area contributed by atoms with E-state index in [-0.39, 0.29) is 6.54 Å². The van der Waals surface area contributed by atoms with E-state index < -0.39 is 15.8 Å². The number of hydrogen-bond donors (Lipinski definition) is 3. The molecular weight excluding hydrogens is 204 g/mol. The summed E-state index contributed by atoms with van der Waals surface area (Å²) in [6.45, 7) is 0.107. The molecule has 0 bridgehead atoms. The minimum atomic E-state index is -3.42. The molecule has 1 rings (SSSR count). The lowest BCUT2D eigenvalue weighted by Crippen LogP contribution is -2.46. The van der Waals surface area contributed by atoms with E-state index in [2.05, 4.69) is 9.44 Å². The molecule has 1 aliphatic rings. The maximum atomic E-state index is 11.1. The Hall–Kier alpha value is -0.170. The van der Waals surface area contributed by atoms with Crippen molar-refractivity contribution in [1.29, 1.82) is 0 Å². The maximum absolute atomic E-state index is 11.1. The summed E-state index contributed by atoms with van der Waals surface area (Å²) < 4.78 is 26.6. The zero-order valence-electron chi connectivity index (χ0n) is 8.41. The molecule has 3 N–H and O–H groups in total. The first-order valence-corrected chi connectivity index (χ1v) is 6.36. The Bertz CT molecular complexity index is 270. The van der Waals surface area contributed by atoms with Crippen LogP contribution in [0.2, 0.25) is 0 Å². The Morgan fingerprint density at radius 2 is 1.86 bits per heavy atom. The zero-order chi connectivity index (χ0) is 10.7. The average molecular weight is 222 g/mol. The highest BCUT2D eigenvalue weighted by molar-refractivity contribution is 7.87. The molecule has 1 aliphatic carbocycles. The van der Waals surface area contributed by atoms with Gasteiger partial charge in [0.2, 0.25) is 0 Å². The SMILES string of the molecule is CNS(=O)(=O)NCC1(O)CCCCC1. The summed E-state index contributed by atoms with van der Waals surface area (Å²) in [5, 5.41) is 9.98. The predicted molar refractivity (Wildman–Crippen MR) is 54.0 cm³/mol. The van der Waals surface area contributed by atoms with Crippen molar-refractivity contribution in [3.63, 3.8) is 0 Å². The molecular formula is C8H18N2O3S. The maximum Gasteiger partial charge on any atom is 0.276 e. The molecule has 0 aromatic heterocycles. The highest BCUT2D eigenvalue weighted by atomic mass is 32.2. The van der Waals surface area contributed by atoms with Crippen LogP contribution in [-0.4, -0.2) is 32.7 Å². The minimum absolute atomic E-state index is 0.107. The normalized spacial score (nSPS) is 22.1. The van der Waals surface area contributed by atoms with Crippen LogP contribution in [-0.2, 0) is 10.2 Å². The van der Waals surface area contributed by atoms with Gasteiger partial charge in [-0.15, -0.1) is 0 Å². The van der Waals surface area contributed by atoms with Gasteiger partial charge >= 0.3 is 0 Å². The van der Waals surface area contributed by atoms with Crippen molar-refractivity contribution in [1.82, 2.24) is 9.44 Å². The van der Waals surface area contributed by atoms with Gasteiger partial charge in [0.05, 0.1) is 5.60 Å². The lowest BCUT2D eigenvalue weighted by molar-refractivity contribution is 0.00940. The Kier molecular flexibility index (Phi) is 3.88. The fourth-order valence-electron chi connectivity index (χ4n) is 1.69. The molecule has 14 heavy (non-hydrogen) atoms. The van der Waals surface area contributed by atoms with Crippen LogP contribution in [0, 0.1) is 0 Å². The van der Waals surface area contributed by atoms with Gasteiger partial charge in [-0.1, -0.05) is 19.3 Å². The molecule has 1 saturated carbocycles. The molecule has 0 radical (unpaired) electrons. The first kappa shape index (κ1) is 11.9. The van der Waals surface area contributed by atoms with Gasteiger partial charge in [0.25, 0.3) is 10.2 Å². The molecule has 0 heterocycles. The summed E-state index contributed by atoms with van der Waals surface area (Å²) in [7, 11) is -2.08. The van der Waals surface area contributed by atoms with Crippen LogP contribution in [0.5, 0.6) is 0 Å². The lowest BCUT2D eigenvalue weighted by atomic mass is 9.85. The molecule has 0 atom stereocenters. The van der Waals surface area contributed by atoms with Crippen LogP contribution in [0.3, 0.4) is 0 Å². The molecule has 0 aromatic carbocycles. The Morgan fingerprint density at radius 3 is 2.36 bits per heavy atom. The number of rotatable bonds is 4. The second-order valence-electron chi connectivity index (χ2n) is 3.81. The van der Waals surface area contributed by atoms with Crippen molar-refractivity contribution in [2.24, 2.45) is 0 Å². The quantitative estimate of drug-likeness (QED) is 0.613. The lowest BCUT2D eigenvalue weighted by Gasteiger charge is -2.31. The number of aliphatic hydroxyl groups is 1. The van der Waals surface area contributed by atoms with Crippen LogP contribution in [0.4, 0.5) is 0 Å². The summed E-state index contributed by atoms with van der Waals surface area (Å²) in [4.78, 5) is 0. The van der Waals surface area contributed by atoms with Crippen molar-refractivity contribution in [2.75, 3.05) is 13.6 Å². The number of hydrogen-bond acceptors (Lipinski definition) is 3. The molecule has 1 fully saturated rings. The molecule has 0 unspecified atom stereocenters. The second-order valence-corrected chi connectivity index (χ2v) is 5.52. The summed E-state index contributed by atoms with van der Waals surface area (Å²) >= 11 is 0. The summed E-state index contributed by atoms with van der Waals surface area (Å²) in [6.07, 6.45) is 4.43. The smallest absolute Gasteiger partial charge is 0.276 e. The summed E-state index contributed by atoms with van der Waals surface area (Å²) in [5.41, 5.74) is -0.845. The Morgan fingerprint density at radius 1 is 1.29 bits per heavy atom. The zero-order valence-corrected chi connectivity index (χ0v) is 9.23. The monoisotopic (exact) mass is 222 g/mol. The molecule has 0 saturated heterocycles. The molecule has 0 aliphatic heterocycles. The van der Waals surface area contributed by atoms with Gasteiger partial charge in [-0.05, 0) is 12.8 Å². The topological polar surface area (TPSA) is 78.4 Å². The standard InChI is InChI=1S/C8H18N2O3S/c1-9-14(12,13)10-7-8(11)5-3-2-4-6-8/h9-11H,2-7H2,1H3. The van der Waals surface area contributed by atoms with E-state index in [1.165, 1.54) is 7.05 Å². The van der Waals surface area contributed by atoms with E-state index in [0.29, 0.717) is 12.8 Å². The van der Waals surface area contributed by atoms with Crippen molar-refractivity contribution in [3.8, 4) is 0 Å². The van der Waals surface area contributed by atoms with Gasteiger partial charge in [0.1, 0.15) is 0 Å². The molecule has 0 spiro atoms. The van der Waals surface area contributed by atoms with E-state index in [9.17, 15) is 13.5 Å². The van der Waals surface area contributed by atoms with E-state index in [1.54, 1.807) is 0 Å². The van der Waals surface area contributed by atoms with E-state index in [0.717, 1.165) is 19.3 Å². The van der Waals surface area contributed by atoms with E-state index in [1.807, 2.05) is 0 Å². The van der Waals surface area contributed by atoms with Gasteiger partial charge in [-0.25, -0.2) is 4.72 Å². The second kappa shape index (κ2) is 4.57. The van der Waals surface area contributed by atoms with Crippen molar-refractivity contribution < 1.29 is 13.5 Å². The van der Waals surface area contributed by atoms with Crippen LogP contribution >= 0.6 is 0 Å². The summed E-state index contributed by atoms with van der Waals surface area (Å²) in [6, 6.07) is 0. The van der Waals surface area contributed by atoms with Crippen LogP contribution in [0.25, 0.3) is 0 Å². The largest absolute Gasteiger partial charge is 0.389 e. The molecule has 5 nitrogen and oxygen atoms in total. The Labute approximate surface area is 85.1 Å². The average Bonchev–Trinajstić information content (AvgIpc) is 2.17. The summed E-state index contributed by atoms with van der Waals surface area (Å²) in [5.74, 6) is 0. The van der Waals surface area contributed by atoms with Crippen molar-refractivity contribution >= 4 is 10.2 Å². The van der Waals surface area contributed by atoms with Crippen molar-refractivity contribution in [3.05, 3.63) is 0 Å². The van der Waals surface area contributed by atoms with Gasteiger partial charge in [0.15, 0.2) is 0 Å². The van der Waals surface area contributed by atoms with Gasteiger partial charge in [-0.2, -0.15) is 13.1 Å². The van der Waals surface area contributed by atoms with Gasteiger partial charge in [0, 0.05) is 13.6 Å². The number of nitrogens with one attached hydrogen (secondary N) is 2. The van der Waals surface area contributed by atoms with Gasteiger partial charge < -0.3 is 5.11 Å². The third kappa shape index (κ3) is 3.53. The Balaban J connectivity index is 2.43. The highest BCUT2D eigenvalue weighted by Crippen LogP contribution is 2.27.